The number of hydrogen-bond donors (Lipinski definition) is 1. The van der Waals surface area contributed by atoms with Crippen molar-refractivity contribution in [3.8, 4) is 0 Å². The summed E-state index contributed by atoms with van der Waals surface area (Å²) in [5.41, 5.74) is 1.20. The molecular formula is C25H33BrFN3O4S. The van der Waals surface area contributed by atoms with E-state index in [1.54, 1.807) is 6.92 Å². The third-order valence-electron chi connectivity index (χ3n) is 5.70. The molecule has 0 aliphatic carbocycles. The van der Waals surface area contributed by atoms with Gasteiger partial charge in [-0.1, -0.05) is 35.0 Å². The zero-order valence-corrected chi connectivity index (χ0v) is 22.9. The number of rotatable bonds is 12. The second-order valence-electron chi connectivity index (χ2n) is 8.56. The highest BCUT2D eigenvalue weighted by Gasteiger charge is 2.27. The van der Waals surface area contributed by atoms with Gasteiger partial charge < -0.3 is 10.2 Å². The Morgan fingerprint density at radius 3 is 2.20 bits per heavy atom. The third kappa shape index (κ3) is 8.92. The van der Waals surface area contributed by atoms with E-state index in [1.807, 2.05) is 38.1 Å². The van der Waals surface area contributed by atoms with Crippen molar-refractivity contribution in [1.29, 1.82) is 0 Å². The molecule has 2 aromatic rings. The van der Waals surface area contributed by atoms with Crippen molar-refractivity contribution in [2.75, 3.05) is 17.1 Å². The summed E-state index contributed by atoms with van der Waals surface area (Å²) in [4.78, 5) is 27.6. The molecule has 2 aromatic carbocycles. The van der Waals surface area contributed by atoms with Crippen LogP contribution < -0.4 is 9.62 Å². The number of nitrogens with zero attached hydrogens (tertiary/aromatic N) is 2. The summed E-state index contributed by atoms with van der Waals surface area (Å²) in [7, 11) is -3.63. The van der Waals surface area contributed by atoms with Crippen LogP contribution in [0.15, 0.2) is 53.0 Å². The third-order valence-corrected chi connectivity index (χ3v) is 7.42. The Kier molecular flexibility index (Phi) is 10.7. The first-order chi connectivity index (χ1) is 16.4. The molecule has 10 heteroatoms. The largest absolute Gasteiger partial charge is 0.352 e. The van der Waals surface area contributed by atoms with Gasteiger partial charge in [-0.15, -0.1) is 0 Å². The average molecular weight is 571 g/mol. The van der Waals surface area contributed by atoms with E-state index < -0.39 is 21.9 Å². The van der Waals surface area contributed by atoms with Crippen LogP contribution in [0.2, 0.25) is 0 Å². The summed E-state index contributed by atoms with van der Waals surface area (Å²) >= 11 is 3.40. The first-order valence-corrected chi connectivity index (χ1v) is 14.1. The van der Waals surface area contributed by atoms with Crippen molar-refractivity contribution in [3.05, 3.63) is 64.4 Å². The normalized spacial score (nSPS) is 13.1. The SMILES string of the molecule is CCC(C)NC(=O)C(C)N(Cc1ccc(Br)cc1)C(=O)CCCN(c1ccc(F)cc1)S(C)(=O)=O. The number of hydrogen-bond acceptors (Lipinski definition) is 4. The lowest BCUT2D eigenvalue weighted by Crippen LogP contribution is -2.49. The molecule has 1 N–H and O–H groups in total. The average Bonchev–Trinajstić information content (AvgIpc) is 2.80. The van der Waals surface area contributed by atoms with Gasteiger partial charge >= 0.3 is 0 Å². The topological polar surface area (TPSA) is 86.8 Å². The Labute approximate surface area is 215 Å². The molecule has 7 nitrogen and oxygen atoms in total. The Bertz CT molecular complexity index is 1090. The first-order valence-electron chi connectivity index (χ1n) is 11.5. The standard InChI is InChI=1S/C25H33BrFN3O4S/c1-5-18(2)28-25(32)19(3)29(17-20-8-10-21(26)11-9-20)24(31)7-6-16-30(35(4,33)34)23-14-12-22(27)13-15-23/h8-15,18-19H,5-7,16-17H2,1-4H3,(H,28,32). The Balaban J connectivity index is 2.15. The van der Waals surface area contributed by atoms with Gasteiger partial charge in [-0.25, -0.2) is 12.8 Å². The molecule has 0 fully saturated rings. The number of nitrogens with one attached hydrogen (secondary N) is 1. The van der Waals surface area contributed by atoms with Gasteiger partial charge in [-0.2, -0.15) is 0 Å². The fraction of sp³-hybridized carbons (Fsp3) is 0.440. The fourth-order valence-electron chi connectivity index (χ4n) is 3.45. The van der Waals surface area contributed by atoms with E-state index in [0.29, 0.717) is 5.69 Å². The smallest absolute Gasteiger partial charge is 0.242 e. The summed E-state index contributed by atoms with van der Waals surface area (Å²) in [5.74, 6) is -0.966. The molecule has 35 heavy (non-hydrogen) atoms. The minimum absolute atomic E-state index is 0.0198. The van der Waals surface area contributed by atoms with Crippen molar-refractivity contribution >= 4 is 43.5 Å². The fourth-order valence-corrected chi connectivity index (χ4v) is 4.68. The monoisotopic (exact) mass is 569 g/mol. The predicted molar refractivity (Wildman–Crippen MR) is 140 cm³/mol. The van der Waals surface area contributed by atoms with E-state index in [-0.39, 0.29) is 43.8 Å². The molecular weight excluding hydrogens is 537 g/mol. The second-order valence-corrected chi connectivity index (χ2v) is 11.4. The lowest BCUT2D eigenvalue weighted by Gasteiger charge is -2.30. The van der Waals surface area contributed by atoms with Gasteiger partial charge in [0, 0.05) is 30.0 Å². The van der Waals surface area contributed by atoms with Gasteiger partial charge in [0.2, 0.25) is 21.8 Å². The summed E-state index contributed by atoms with van der Waals surface area (Å²) in [6.45, 7) is 5.86. The number of amides is 2. The van der Waals surface area contributed by atoms with Gasteiger partial charge in [-0.3, -0.25) is 13.9 Å². The van der Waals surface area contributed by atoms with E-state index in [4.69, 9.17) is 0 Å². The van der Waals surface area contributed by atoms with Crippen molar-refractivity contribution in [2.45, 2.75) is 58.7 Å². The van der Waals surface area contributed by atoms with E-state index in [0.717, 1.165) is 27.0 Å². The minimum Gasteiger partial charge on any atom is -0.352 e. The lowest BCUT2D eigenvalue weighted by molar-refractivity contribution is -0.140. The molecule has 0 radical (unpaired) electrons. The quantitative estimate of drug-likeness (QED) is 0.408. The highest BCUT2D eigenvalue weighted by Crippen LogP contribution is 2.20. The van der Waals surface area contributed by atoms with Gasteiger partial charge in [-0.05, 0) is 68.7 Å². The molecule has 0 aliphatic heterocycles. The molecule has 192 valence electrons. The molecule has 2 amide bonds. The van der Waals surface area contributed by atoms with Crippen molar-refractivity contribution < 1.29 is 22.4 Å². The molecule has 0 spiro atoms. The second kappa shape index (κ2) is 13.0. The molecule has 0 heterocycles. The molecule has 0 saturated heterocycles. The molecule has 0 aliphatic rings. The van der Waals surface area contributed by atoms with Crippen molar-refractivity contribution in [1.82, 2.24) is 10.2 Å². The van der Waals surface area contributed by atoms with Crippen LogP contribution in [0, 0.1) is 5.82 Å². The van der Waals surface area contributed by atoms with Gasteiger partial charge in [0.25, 0.3) is 0 Å². The van der Waals surface area contributed by atoms with Crippen LogP contribution in [0.1, 0.15) is 45.6 Å². The highest BCUT2D eigenvalue weighted by molar-refractivity contribution is 9.10. The number of carbonyl (C=O) groups excluding carboxylic acids is 2. The Morgan fingerprint density at radius 1 is 1.06 bits per heavy atom. The summed E-state index contributed by atoms with van der Waals surface area (Å²) in [6.07, 6.45) is 2.12. The predicted octanol–water partition coefficient (Wildman–Crippen LogP) is 4.47. The van der Waals surface area contributed by atoms with Crippen LogP contribution in [0.3, 0.4) is 0 Å². The van der Waals surface area contributed by atoms with Crippen molar-refractivity contribution in [2.24, 2.45) is 0 Å². The van der Waals surface area contributed by atoms with Crippen LogP contribution >= 0.6 is 15.9 Å². The highest BCUT2D eigenvalue weighted by atomic mass is 79.9. The van der Waals surface area contributed by atoms with E-state index in [9.17, 15) is 22.4 Å². The van der Waals surface area contributed by atoms with E-state index >= 15 is 0 Å². The van der Waals surface area contributed by atoms with Gasteiger partial charge in [0.05, 0.1) is 11.9 Å². The zero-order valence-electron chi connectivity index (χ0n) is 20.5. The molecule has 2 rings (SSSR count). The Morgan fingerprint density at radius 2 is 1.66 bits per heavy atom. The van der Waals surface area contributed by atoms with Crippen molar-refractivity contribution in [3.63, 3.8) is 0 Å². The van der Waals surface area contributed by atoms with Gasteiger partial charge in [0.1, 0.15) is 11.9 Å². The molecule has 2 unspecified atom stereocenters. The number of halogens is 2. The van der Waals surface area contributed by atoms with Gasteiger partial charge in [0.15, 0.2) is 0 Å². The maximum Gasteiger partial charge on any atom is 0.242 e. The number of benzene rings is 2. The first kappa shape index (κ1) is 28.8. The maximum absolute atomic E-state index is 13.3. The molecule has 0 saturated carbocycles. The van der Waals surface area contributed by atoms with E-state index in [1.165, 1.54) is 29.2 Å². The lowest BCUT2D eigenvalue weighted by atomic mass is 10.1. The summed E-state index contributed by atoms with van der Waals surface area (Å²) in [6, 6.07) is 11.9. The minimum atomic E-state index is -3.63. The van der Waals surface area contributed by atoms with Crippen LogP contribution in [-0.4, -0.2) is 50.0 Å². The number of carbonyl (C=O) groups is 2. The maximum atomic E-state index is 13.3. The Hall–Kier alpha value is -2.46. The molecule has 0 bridgehead atoms. The molecule has 2 atom stereocenters. The number of sulfonamides is 1. The zero-order chi connectivity index (χ0) is 26.2. The van der Waals surface area contributed by atoms with Crippen LogP contribution in [0.5, 0.6) is 0 Å². The summed E-state index contributed by atoms with van der Waals surface area (Å²) < 4.78 is 39.9. The molecule has 0 aromatic heterocycles. The number of anilines is 1. The van der Waals surface area contributed by atoms with Crippen LogP contribution in [-0.2, 0) is 26.2 Å². The summed E-state index contributed by atoms with van der Waals surface area (Å²) in [5, 5.41) is 2.92. The van der Waals surface area contributed by atoms with Crippen LogP contribution in [0.25, 0.3) is 0 Å². The van der Waals surface area contributed by atoms with Crippen LogP contribution in [0.4, 0.5) is 10.1 Å². The van der Waals surface area contributed by atoms with E-state index in [2.05, 4.69) is 21.2 Å².